The van der Waals surface area contributed by atoms with Gasteiger partial charge in [0.2, 0.25) is 0 Å². The third kappa shape index (κ3) is 2.35. The Hall–Kier alpha value is -1.10. The molecule has 1 unspecified atom stereocenters. The van der Waals surface area contributed by atoms with Gasteiger partial charge in [-0.3, -0.25) is 0 Å². The monoisotopic (exact) mass is 223 g/mol. The number of methoxy groups -OCH3 is 2. The van der Waals surface area contributed by atoms with Crippen LogP contribution < -0.4 is 10.1 Å². The summed E-state index contributed by atoms with van der Waals surface area (Å²) in [5, 5.41) is 3.36. The highest BCUT2D eigenvalue weighted by Crippen LogP contribution is 2.31. The summed E-state index contributed by atoms with van der Waals surface area (Å²) in [6, 6.07) is 8.29. The van der Waals surface area contributed by atoms with Crippen LogP contribution in [0.1, 0.15) is 11.6 Å². The van der Waals surface area contributed by atoms with Gasteiger partial charge in [0.05, 0.1) is 6.04 Å². The van der Waals surface area contributed by atoms with E-state index in [-0.39, 0.29) is 12.3 Å². The van der Waals surface area contributed by atoms with Gasteiger partial charge in [-0.1, -0.05) is 18.2 Å². The van der Waals surface area contributed by atoms with Gasteiger partial charge in [-0.25, -0.2) is 0 Å². The Balaban J connectivity index is 1.93. The Labute approximate surface area is 95.5 Å². The minimum atomic E-state index is -0.215. The molecule has 2 rings (SSSR count). The van der Waals surface area contributed by atoms with Gasteiger partial charge in [0.25, 0.3) is 0 Å². The molecule has 0 amide bonds. The lowest BCUT2D eigenvalue weighted by molar-refractivity contribution is -0.100. The van der Waals surface area contributed by atoms with Crippen molar-refractivity contribution in [3.05, 3.63) is 29.8 Å². The van der Waals surface area contributed by atoms with E-state index in [2.05, 4.69) is 11.4 Å². The van der Waals surface area contributed by atoms with Gasteiger partial charge in [-0.15, -0.1) is 0 Å². The standard InChI is InChI=1S/C12H17NO3/c1-14-12(15-2)7-13-10-8-16-11-6-4-3-5-9(10)11/h3-6,10,12-13H,7-8H2,1-2H3. The molecule has 0 bridgehead atoms. The van der Waals surface area contributed by atoms with E-state index in [0.29, 0.717) is 13.2 Å². The fraction of sp³-hybridized carbons (Fsp3) is 0.500. The maximum atomic E-state index is 5.57. The van der Waals surface area contributed by atoms with Crippen LogP contribution in [0, 0.1) is 0 Å². The maximum Gasteiger partial charge on any atom is 0.169 e. The summed E-state index contributed by atoms with van der Waals surface area (Å²) < 4.78 is 15.8. The molecule has 88 valence electrons. The van der Waals surface area contributed by atoms with Crippen molar-refractivity contribution in [2.45, 2.75) is 12.3 Å². The molecule has 0 aromatic heterocycles. The van der Waals surface area contributed by atoms with Crippen LogP contribution in [0.15, 0.2) is 24.3 Å². The summed E-state index contributed by atoms with van der Waals surface area (Å²) in [5.74, 6) is 0.964. The lowest BCUT2D eigenvalue weighted by atomic mass is 10.1. The van der Waals surface area contributed by atoms with Gasteiger partial charge in [0.1, 0.15) is 12.4 Å². The van der Waals surface area contributed by atoms with Crippen molar-refractivity contribution >= 4 is 0 Å². The summed E-state index contributed by atoms with van der Waals surface area (Å²) in [4.78, 5) is 0. The number of benzene rings is 1. The van der Waals surface area contributed by atoms with E-state index in [9.17, 15) is 0 Å². The predicted octanol–water partition coefficient (Wildman–Crippen LogP) is 1.33. The van der Waals surface area contributed by atoms with Gasteiger partial charge >= 0.3 is 0 Å². The summed E-state index contributed by atoms with van der Waals surface area (Å²) in [5.41, 5.74) is 1.20. The zero-order chi connectivity index (χ0) is 11.4. The predicted molar refractivity (Wildman–Crippen MR) is 60.5 cm³/mol. The van der Waals surface area contributed by atoms with Gasteiger partial charge in [0, 0.05) is 26.3 Å². The molecule has 1 aromatic rings. The average Bonchev–Trinajstić information content (AvgIpc) is 2.74. The molecular weight excluding hydrogens is 206 g/mol. The second-order valence-corrected chi connectivity index (χ2v) is 3.71. The Morgan fingerprint density at radius 2 is 2.12 bits per heavy atom. The van der Waals surface area contributed by atoms with Crippen molar-refractivity contribution in [2.24, 2.45) is 0 Å². The molecule has 4 nitrogen and oxygen atoms in total. The second kappa shape index (κ2) is 5.30. The summed E-state index contributed by atoms with van der Waals surface area (Å²) in [6.45, 7) is 1.31. The third-order valence-electron chi connectivity index (χ3n) is 2.76. The number of hydrogen-bond acceptors (Lipinski definition) is 4. The van der Waals surface area contributed by atoms with Crippen molar-refractivity contribution < 1.29 is 14.2 Å². The molecule has 0 radical (unpaired) electrons. The maximum absolute atomic E-state index is 5.57. The van der Waals surface area contributed by atoms with Crippen LogP contribution in [0.25, 0.3) is 0 Å². The Kier molecular flexibility index (Phi) is 3.77. The van der Waals surface area contributed by atoms with Crippen LogP contribution in [0.4, 0.5) is 0 Å². The van der Waals surface area contributed by atoms with Crippen molar-refractivity contribution in [3.63, 3.8) is 0 Å². The highest BCUT2D eigenvalue weighted by molar-refractivity contribution is 5.39. The normalized spacial score (nSPS) is 18.6. The zero-order valence-electron chi connectivity index (χ0n) is 9.60. The summed E-state index contributed by atoms with van der Waals surface area (Å²) >= 11 is 0. The molecule has 1 aromatic carbocycles. The smallest absolute Gasteiger partial charge is 0.169 e. The number of hydrogen-bond donors (Lipinski definition) is 1. The molecule has 0 spiro atoms. The van der Waals surface area contributed by atoms with Crippen LogP contribution in [0.3, 0.4) is 0 Å². The molecule has 1 heterocycles. The van der Waals surface area contributed by atoms with Crippen LogP contribution in [-0.2, 0) is 9.47 Å². The topological polar surface area (TPSA) is 39.7 Å². The van der Waals surface area contributed by atoms with E-state index in [1.807, 2.05) is 18.2 Å². The molecule has 1 N–H and O–H groups in total. The first-order valence-electron chi connectivity index (χ1n) is 5.36. The van der Waals surface area contributed by atoms with Gasteiger partial charge in [-0.2, -0.15) is 0 Å². The Morgan fingerprint density at radius 1 is 1.38 bits per heavy atom. The Bertz CT molecular complexity index is 339. The largest absolute Gasteiger partial charge is 0.491 e. The van der Waals surface area contributed by atoms with Crippen LogP contribution in [0.2, 0.25) is 0 Å². The lowest BCUT2D eigenvalue weighted by Gasteiger charge is -2.17. The minimum absolute atomic E-state index is 0.215. The molecular formula is C12H17NO3. The van der Waals surface area contributed by atoms with Crippen LogP contribution in [0.5, 0.6) is 5.75 Å². The minimum Gasteiger partial charge on any atom is -0.491 e. The number of fused-ring (bicyclic) bond motifs is 1. The summed E-state index contributed by atoms with van der Waals surface area (Å²) in [7, 11) is 3.27. The first-order valence-corrected chi connectivity index (χ1v) is 5.36. The molecule has 1 aliphatic heterocycles. The van der Waals surface area contributed by atoms with Crippen molar-refractivity contribution in [1.82, 2.24) is 5.32 Å². The first kappa shape index (κ1) is 11.4. The second-order valence-electron chi connectivity index (χ2n) is 3.71. The number of para-hydroxylation sites is 1. The molecule has 16 heavy (non-hydrogen) atoms. The van der Waals surface area contributed by atoms with E-state index < -0.39 is 0 Å². The van der Waals surface area contributed by atoms with E-state index in [1.54, 1.807) is 14.2 Å². The van der Waals surface area contributed by atoms with Crippen molar-refractivity contribution in [3.8, 4) is 5.75 Å². The highest BCUT2D eigenvalue weighted by Gasteiger charge is 2.23. The molecule has 0 aliphatic carbocycles. The fourth-order valence-corrected chi connectivity index (χ4v) is 1.83. The van der Waals surface area contributed by atoms with Crippen LogP contribution >= 0.6 is 0 Å². The van der Waals surface area contributed by atoms with Gasteiger partial charge in [-0.05, 0) is 6.07 Å². The molecule has 1 atom stereocenters. The number of rotatable bonds is 5. The molecule has 4 heteroatoms. The number of nitrogens with one attached hydrogen (secondary N) is 1. The molecule has 0 saturated carbocycles. The lowest BCUT2D eigenvalue weighted by Crippen LogP contribution is -2.33. The van der Waals surface area contributed by atoms with E-state index >= 15 is 0 Å². The van der Waals surface area contributed by atoms with E-state index in [4.69, 9.17) is 14.2 Å². The average molecular weight is 223 g/mol. The molecule has 0 fully saturated rings. The van der Waals surface area contributed by atoms with Gasteiger partial charge in [0.15, 0.2) is 6.29 Å². The summed E-state index contributed by atoms with van der Waals surface area (Å²) in [6.07, 6.45) is -0.215. The first-order chi connectivity index (χ1) is 7.85. The van der Waals surface area contributed by atoms with E-state index in [1.165, 1.54) is 5.56 Å². The highest BCUT2D eigenvalue weighted by atomic mass is 16.7. The molecule has 1 aliphatic rings. The zero-order valence-corrected chi connectivity index (χ0v) is 9.60. The Morgan fingerprint density at radius 3 is 2.88 bits per heavy atom. The quantitative estimate of drug-likeness (QED) is 0.764. The SMILES string of the molecule is COC(CNC1COc2ccccc21)OC. The van der Waals surface area contributed by atoms with E-state index in [0.717, 1.165) is 5.75 Å². The van der Waals surface area contributed by atoms with Crippen molar-refractivity contribution in [1.29, 1.82) is 0 Å². The molecule has 0 saturated heterocycles. The number of ether oxygens (including phenoxy) is 3. The fourth-order valence-electron chi connectivity index (χ4n) is 1.83. The van der Waals surface area contributed by atoms with Gasteiger partial charge < -0.3 is 19.5 Å². The van der Waals surface area contributed by atoms with Crippen molar-refractivity contribution in [2.75, 3.05) is 27.4 Å². The van der Waals surface area contributed by atoms with Crippen LogP contribution in [-0.4, -0.2) is 33.7 Å². The third-order valence-corrected chi connectivity index (χ3v) is 2.76.